The van der Waals surface area contributed by atoms with Gasteiger partial charge in [0.25, 0.3) is 0 Å². The van der Waals surface area contributed by atoms with Crippen molar-refractivity contribution in [3.8, 4) is 0 Å². The summed E-state index contributed by atoms with van der Waals surface area (Å²) in [7, 11) is 0. The van der Waals surface area contributed by atoms with Crippen molar-refractivity contribution in [2.45, 2.75) is 0 Å². The molecule has 1 aromatic carbocycles. The van der Waals surface area contributed by atoms with Gasteiger partial charge in [-0.15, -0.1) is 0 Å². The second kappa shape index (κ2) is 6.83. The topological polar surface area (TPSA) is 106 Å². The lowest BCUT2D eigenvalue weighted by atomic mass is 10.3. The molecule has 0 saturated heterocycles. The van der Waals surface area contributed by atoms with Crippen LogP contribution in [0.2, 0.25) is 0 Å². The van der Waals surface area contributed by atoms with Crippen LogP contribution in [-0.2, 0) is 0 Å². The fourth-order valence-corrected chi connectivity index (χ4v) is 2.02. The molecule has 10 heteroatoms. The van der Waals surface area contributed by atoms with Gasteiger partial charge in [-0.1, -0.05) is 0 Å². The Hall–Kier alpha value is -3.69. The number of anilines is 4. The van der Waals surface area contributed by atoms with E-state index in [4.69, 9.17) is 0 Å². The van der Waals surface area contributed by atoms with Crippen molar-refractivity contribution in [3.05, 3.63) is 70.8 Å². The number of pyridine rings is 1. The summed E-state index contributed by atoms with van der Waals surface area (Å²) in [4.78, 5) is 22.3. The van der Waals surface area contributed by atoms with E-state index in [1.807, 2.05) is 0 Å². The first-order valence-corrected chi connectivity index (χ1v) is 6.93. The summed E-state index contributed by atoms with van der Waals surface area (Å²) in [5, 5.41) is 16.8. The van der Waals surface area contributed by atoms with Gasteiger partial charge < -0.3 is 10.6 Å². The Morgan fingerprint density at radius 2 is 1.72 bits per heavy atom. The summed E-state index contributed by atoms with van der Waals surface area (Å²) in [6, 6.07) is 6.31. The molecule has 126 valence electrons. The molecule has 0 bridgehead atoms. The van der Waals surface area contributed by atoms with Gasteiger partial charge in [0.2, 0.25) is 11.6 Å². The number of hydrogen-bond donors (Lipinski definition) is 2. The Labute approximate surface area is 139 Å². The number of aromatic nitrogens is 3. The number of nitrogens with one attached hydrogen (secondary N) is 2. The zero-order valence-corrected chi connectivity index (χ0v) is 12.5. The summed E-state index contributed by atoms with van der Waals surface area (Å²) >= 11 is 0. The highest BCUT2D eigenvalue weighted by atomic mass is 19.2. The molecule has 2 aromatic heterocycles. The van der Waals surface area contributed by atoms with E-state index in [1.165, 1.54) is 12.3 Å². The van der Waals surface area contributed by atoms with E-state index in [0.29, 0.717) is 5.69 Å². The lowest BCUT2D eigenvalue weighted by Crippen LogP contribution is -2.05. The van der Waals surface area contributed by atoms with Crippen LogP contribution in [0.3, 0.4) is 0 Å². The first-order valence-electron chi connectivity index (χ1n) is 6.93. The average Bonchev–Trinajstić information content (AvgIpc) is 2.59. The Morgan fingerprint density at radius 1 is 1.00 bits per heavy atom. The lowest BCUT2D eigenvalue weighted by Gasteiger charge is -2.10. The number of nitrogens with zero attached hydrogens (tertiary/aromatic N) is 4. The molecule has 2 heterocycles. The molecule has 2 N–H and O–H groups in total. The Morgan fingerprint density at radius 3 is 2.32 bits per heavy atom. The maximum absolute atomic E-state index is 13.3. The van der Waals surface area contributed by atoms with Crippen LogP contribution in [0.25, 0.3) is 0 Å². The fraction of sp³-hybridized carbons (Fsp3) is 0. The highest BCUT2D eigenvalue weighted by molar-refractivity contribution is 5.76. The van der Waals surface area contributed by atoms with Crippen LogP contribution >= 0.6 is 0 Å². The molecule has 0 aliphatic heterocycles. The second-order valence-corrected chi connectivity index (χ2v) is 4.80. The average molecular weight is 344 g/mol. The van der Waals surface area contributed by atoms with E-state index < -0.39 is 22.2 Å². The minimum absolute atomic E-state index is 0.0712. The highest BCUT2D eigenvalue weighted by Crippen LogP contribution is 2.32. The van der Waals surface area contributed by atoms with Crippen LogP contribution in [0.5, 0.6) is 0 Å². The standard InChI is InChI=1S/C15H10F2N6O2/c16-11-4-3-9(6-12(11)17)21-14-13(23(24)25)15(20-8-19-14)22-10-2-1-5-18-7-10/h1-8H,(H2,19,20,21,22). The van der Waals surface area contributed by atoms with Gasteiger partial charge in [0.05, 0.1) is 16.8 Å². The molecule has 0 saturated carbocycles. The largest absolute Gasteiger partial charge is 0.353 e. The van der Waals surface area contributed by atoms with Crippen molar-refractivity contribution in [3.63, 3.8) is 0 Å². The zero-order valence-electron chi connectivity index (χ0n) is 12.5. The van der Waals surface area contributed by atoms with E-state index in [-0.39, 0.29) is 17.3 Å². The summed E-state index contributed by atoms with van der Waals surface area (Å²) in [5.74, 6) is -2.35. The van der Waals surface area contributed by atoms with Crippen LogP contribution in [-0.4, -0.2) is 19.9 Å². The van der Waals surface area contributed by atoms with E-state index in [2.05, 4.69) is 25.6 Å². The van der Waals surface area contributed by atoms with Gasteiger partial charge in [0.15, 0.2) is 11.6 Å². The fourth-order valence-electron chi connectivity index (χ4n) is 2.02. The van der Waals surface area contributed by atoms with Crippen molar-refractivity contribution in [1.82, 2.24) is 15.0 Å². The lowest BCUT2D eigenvalue weighted by molar-refractivity contribution is -0.383. The molecule has 3 rings (SSSR count). The summed E-state index contributed by atoms with van der Waals surface area (Å²) in [6.07, 6.45) is 4.12. The van der Waals surface area contributed by atoms with Gasteiger partial charge in [-0.05, 0) is 24.3 Å². The summed E-state index contributed by atoms with van der Waals surface area (Å²) in [6.45, 7) is 0. The molecule has 0 aliphatic carbocycles. The predicted octanol–water partition coefficient (Wildman–Crippen LogP) is 3.55. The van der Waals surface area contributed by atoms with E-state index in [9.17, 15) is 18.9 Å². The molecule has 0 amide bonds. The smallest absolute Gasteiger partial charge is 0.334 e. The van der Waals surface area contributed by atoms with Crippen molar-refractivity contribution < 1.29 is 13.7 Å². The van der Waals surface area contributed by atoms with Crippen molar-refractivity contribution in [2.75, 3.05) is 10.6 Å². The third-order valence-corrected chi connectivity index (χ3v) is 3.11. The van der Waals surface area contributed by atoms with Gasteiger partial charge in [-0.3, -0.25) is 15.1 Å². The normalized spacial score (nSPS) is 10.3. The van der Waals surface area contributed by atoms with E-state index >= 15 is 0 Å². The van der Waals surface area contributed by atoms with Crippen molar-refractivity contribution in [1.29, 1.82) is 0 Å². The molecule has 0 fully saturated rings. The molecule has 3 aromatic rings. The Bertz CT molecular complexity index is 923. The first-order chi connectivity index (χ1) is 12.0. The Balaban J connectivity index is 1.97. The summed E-state index contributed by atoms with van der Waals surface area (Å²) < 4.78 is 26.3. The van der Waals surface area contributed by atoms with Crippen molar-refractivity contribution >= 4 is 28.7 Å². The molecule has 0 spiro atoms. The number of benzene rings is 1. The predicted molar refractivity (Wildman–Crippen MR) is 85.8 cm³/mol. The maximum Gasteiger partial charge on any atom is 0.353 e. The first kappa shape index (κ1) is 16.2. The quantitative estimate of drug-likeness (QED) is 0.538. The van der Waals surface area contributed by atoms with Crippen LogP contribution in [0.1, 0.15) is 0 Å². The monoisotopic (exact) mass is 344 g/mol. The minimum atomic E-state index is -1.09. The molecule has 8 nitrogen and oxygen atoms in total. The van der Waals surface area contributed by atoms with Crippen LogP contribution in [0.4, 0.5) is 37.5 Å². The third kappa shape index (κ3) is 3.63. The molecule has 0 radical (unpaired) electrons. The third-order valence-electron chi connectivity index (χ3n) is 3.11. The SMILES string of the molecule is O=[N+]([O-])c1c(Nc2cccnc2)ncnc1Nc1ccc(F)c(F)c1. The molecule has 0 atom stereocenters. The van der Waals surface area contributed by atoms with Crippen LogP contribution in [0, 0.1) is 21.7 Å². The number of rotatable bonds is 5. The minimum Gasteiger partial charge on any atom is -0.334 e. The van der Waals surface area contributed by atoms with E-state index in [1.54, 1.807) is 18.3 Å². The van der Waals surface area contributed by atoms with Gasteiger partial charge in [0, 0.05) is 18.0 Å². The second-order valence-electron chi connectivity index (χ2n) is 4.80. The Kier molecular flexibility index (Phi) is 4.42. The molecule has 0 unspecified atom stereocenters. The summed E-state index contributed by atoms with van der Waals surface area (Å²) in [5.41, 5.74) is 0.146. The maximum atomic E-state index is 13.3. The van der Waals surface area contributed by atoms with Gasteiger partial charge in [-0.2, -0.15) is 0 Å². The van der Waals surface area contributed by atoms with Gasteiger partial charge >= 0.3 is 5.69 Å². The highest BCUT2D eigenvalue weighted by Gasteiger charge is 2.23. The van der Waals surface area contributed by atoms with Gasteiger partial charge in [0.1, 0.15) is 6.33 Å². The molecular formula is C15H10F2N6O2. The van der Waals surface area contributed by atoms with Crippen LogP contribution in [0.15, 0.2) is 49.1 Å². The van der Waals surface area contributed by atoms with Crippen LogP contribution < -0.4 is 10.6 Å². The van der Waals surface area contributed by atoms with E-state index in [0.717, 1.165) is 18.5 Å². The number of nitro groups is 1. The zero-order chi connectivity index (χ0) is 17.8. The van der Waals surface area contributed by atoms with Crippen molar-refractivity contribution in [2.24, 2.45) is 0 Å². The number of halogens is 2. The molecular weight excluding hydrogens is 334 g/mol. The molecule has 25 heavy (non-hydrogen) atoms. The number of hydrogen-bond acceptors (Lipinski definition) is 7. The van der Waals surface area contributed by atoms with Gasteiger partial charge in [-0.25, -0.2) is 18.7 Å². The molecule has 0 aliphatic rings.